The summed E-state index contributed by atoms with van der Waals surface area (Å²) in [5, 5.41) is 9.48. The molecule has 0 saturated carbocycles. The zero-order valence-corrected chi connectivity index (χ0v) is 10.9. The summed E-state index contributed by atoms with van der Waals surface area (Å²) in [4.78, 5) is 13.7. The van der Waals surface area contributed by atoms with Crippen LogP contribution in [-0.2, 0) is 0 Å². The number of alkyl halides is 1. The fraction of sp³-hybridized carbons (Fsp3) is 0.333. The van der Waals surface area contributed by atoms with Crippen LogP contribution in [0, 0.1) is 11.3 Å². The Hall–Kier alpha value is -1.34. The van der Waals surface area contributed by atoms with Crippen LogP contribution < -0.4 is 0 Å². The quantitative estimate of drug-likeness (QED) is 0.799. The van der Waals surface area contributed by atoms with Gasteiger partial charge in [0.05, 0.1) is 11.6 Å². The highest BCUT2D eigenvalue weighted by Gasteiger charge is 2.16. The molecule has 0 aliphatic rings. The van der Waals surface area contributed by atoms with Gasteiger partial charge in [-0.3, -0.25) is 4.79 Å². The highest BCUT2D eigenvalue weighted by molar-refractivity contribution is 9.09. The van der Waals surface area contributed by atoms with Crippen molar-refractivity contribution in [2.75, 3.05) is 12.4 Å². The molecule has 0 N–H and O–H groups in total. The second-order valence-corrected chi connectivity index (χ2v) is 4.26. The lowest BCUT2D eigenvalue weighted by atomic mass is 10.1. The van der Waals surface area contributed by atoms with Crippen LogP contribution in [0.4, 0.5) is 0 Å². The van der Waals surface area contributed by atoms with Crippen molar-refractivity contribution in [3.63, 3.8) is 0 Å². The maximum atomic E-state index is 12.0. The molecule has 0 aromatic heterocycles. The van der Waals surface area contributed by atoms with Gasteiger partial charge in [-0.1, -0.05) is 22.0 Å². The third-order valence-corrected chi connectivity index (χ3v) is 3.38. The molecule has 84 valence electrons. The van der Waals surface area contributed by atoms with E-state index >= 15 is 0 Å². The van der Waals surface area contributed by atoms with Crippen molar-refractivity contribution >= 4 is 21.8 Å². The lowest BCUT2D eigenvalue weighted by Crippen LogP contribution is -2.36. The molecule has 1 atom stereocenters. The third-order valence-electron chi connectivity index (χ3n) is 2.44. The number of carbonyl (C=O) groups excluding carboxylic acids is 1. The van der Waals surface area contributed by atoms with Crippen molar-refractivity contribution in [1.29, 1.82) is 5.26 Å². The molecule has 16 heavy (non-hydrogen) atoms. The van der Waals surface area contributed by atoms with Gasteiger partial charge < -0.3 is 4.90 Å². The Morgan fingerprint density at radius 2 is 2.31 bits per heavy atom. The third kappa shape index (κ3) is 2.83. The zero-order valence-electron chi connectivity index (χ0n) is 9.27. The van der Waals surface area contributed by atoms with Crippen LogP contribution in [0.1, 0.15) is 22.8 Å². The summed E-state index contributed by atoms with van der Waals surface area (Å²) in [6.07, 6.45) is 0. The van der Waals surface area contributed by atoms with Crippen LogP contribution in [0.2, 0.25) is 0 Å². The van der Waals surface area contributed by atoms with Gasteiger partial charge >= 0.3 is 0 Å². The van der Waals surface area contributed by atoms with E-state index in [1.165, 1.54) is 0 Å². The number of hydrogen-bond donors (Lipinski definition) is 0. The molecule has 0 fully saturated rings. The van der Waals surface area contributed by atoms with Crippen LogP contribution in [0.5, 0.6) is 0 Å². The molecule has 0 spiro atoms. The molecule has 1 rings (SSSR count). The minimum absolute atomic E-state index is 0.0657. The van der Waals surface area contributed by atoms with E-state index in [1.54, 1.807) is 36.2 Å². The minimum atomic E-state index is -0.0657. The van der Waals surface area contributed by atoms with E-state index < -0.39 is 0 Å². The summed E-state index contributed by atoms with van der Waals surface area (Å²) in [7, 11) is 1.76. The summed E-state index contributed by atoms with van der Waals surface area (Å²) in [5.41, 5.74) is 1.06. The van der Waals surface area contributed by atoms with Gasteiger partial charge in [0.15, 0.2) is 0 Å². The second-order valence-electron chi connectivity index (χ2n) is 3.61. The number of amides is 1. The first-order valence-electron chi connectivity index (χ1n) is 4.93. The first kappa shape index (κ1) is 12.7. The van der Waals surface area contributed by atoms with Crippen molar-refractivity contribution in [2.45, 2.75) is 13.0 Å². The van der Waals surface area contributed by atoms with Gasteiger partial charge in [0.1, 0.15) is 0 Å². The molecule has 0 bridgehead atoms. The average Bonchev–Trinajstić information content (AvgIpc) is 2.36. The molecule has 0 aliphatic heterocycles. The Balaban J connectivity index is 2.92. The number of benzene rings is 1. The SMILES string of the molecule is CC(CBr)N(C)C(=O)c1cccc(C#N)c1. The Kier molecular flexibility index (Phi) is 4.51. The lowest BCUT2D eigenvalue weighted by molar-refractivity contribution is 0.0758. The molecule has 0 radical (unpaired) electrons. The Bertz CT molecular complexity index is 425. The predicted molar refractivity (Wildman–Crippen MR) is 66.5 cm³/mol. The maximum absolute atomic E-state index is 12.0. The van der Waals surface area contributed by atoms with Crippen LogP contribution in [0.25, 0.3) is 0 Å². The molecule has 0 heterocycles. The number of halogens is 1. The molecular weight excluding hydrogens is 268 g/mol. The van der Waals surface area contributed by atoms with Crippen molar-refractivity contribution in [3.05, 3.63) is 35.4 Å². The van der Waals surface area contributed by atoms with Crippen LogP contribution in [0.3, 0.4) is 0 Å². The minimum Gasteiger partial charge on any atom is -0.338 e. The van der Waals surface area contributed by atoms with Gasteiger partial charge in [-0.05, 0) is 25.1 Å². The Morgan fingerprint density at radius 1 is 1.62 bits per heavy atom. The van der Waals surface area contributed by atoms with Gasteiger partial charge in [-0.2, -0.15) is 5.26 Å². The van der Waals surface area contributed by atoms with Crippen molar-refractivity contribution in [2.24, 2.45) is 0 Å². The van der Waals surface area contributed by atoms with Crippen LogP contribution in [0.15, 0.2) is 24.3 Å². The highest BCUT2D eigenvalue weighted by Crippen LogP contribution is 2.10. The summed E-state index contributed by atoms with van der Waals surface area (Å²) >= 11 is 3.34. The van der Waals surface area contributed by atoms with E-state index in [2.05, 4.69) is 15.9 Å². The van der Waals surface area contributed by atoms with E-state index in [0.717, 1.165) is 5.33 Å². The first-order chi connectivity index (χ1) is 7.60. The molecule has 4 heteroatoms. The highest BCUT2D eigenvalue weighted by atomic mass is 79.9. The molecule has 1 aromatic rings. The van der Waals surface area contributed by atoms with Crippen molar-refractivity contribution in [1.82, 2.24) is 4.90 Å². The van der Waals surface area contributed by atoms with E-state index in [4.69, 9.17) is 5.26 Å². The summed E-state index contributed by atoms with van der Waals surface area (Å²) in [6, 6.07) is 8.89. The molecule has 0 aliphatic carbocycles. The van der Waals surface area contributed by atoms with Crippen LogP contribution in [-0.4, -0.2) is 29.2 Å². The monoisotopic (exact) mass is 280 g/mol. The van der Waals surface area contributed by atoms with Gasteiger partial charge in [0.25, 0.3) is 5.91 Å². The number of carbonyl (C=O) groups is 1. The molecule has 3 nitrogen and oxygen atoms in total. The van der Waals surface area contributed by atoms with E-state index in [0.29, 0.717) is 11.1 Å². The maximum Gasteiger partial charge on any atom is 0.253 e. The standard InChI is InChI=1S/C12H13BrN2O/c1-9(7-13)15(2)12(16)11-5-3-4-10(6-11)8-14/h3-6,9H,7H2,1-2H3. The largest absolute Gasteiger partial charge is 0.338 e. The molecule has 1 unspecified atom stereocenters. The number of hydrogen-bond acceptors (Lipinski definition) is 2. The Morgan fingerprint density at radius 3 is 2.88 bits per heavy atom. The van der Waals surface area contributed by atoms with Gasteiger partial charge in [0, 0.05) is 24.0 Å². The van der Waals surface area contributed by atoms with Gasteiger partial charge in [-0.15, -0.1) is 0 Å². The van der Waals surface area contributed by atoms with Crippen molar-refractivity contribution < 1.29 is 4.79 Å². The smallest absolute Gasteiger partial charge is 0.253 e. The number of nitriles is 1. The zero-order chi connectivity index (χ0) is 12.1. The molecule has 1 amide bonds. The predicted octanol–water partition coefficient (Wildman–Crippen LogP) is 2.41. The summed E-state index contributed by atoms with van der Waals surface area (Å²) in [5.74, 6) is -0.0657. The fourth-order valence-corrected chi connectivity index (χ4v) is 1.66. The van der Waals surface area contributed by atoms with Crippen LogP contribution >= 0.6 is 15.9 Å². The topological polar surface area (TPSA) is 44.1 Å². The molecular formula is C12H13BrN2O. The van der Waals surface area contributed by atoms with Crippen molar-refractivity contribution in [3.8, 4) is 6.07 Å². The van der Waals surface area contributed by atoms with Gasteiger partial charge in [0.2, 0.25) is 0 Å². The summed E-state index contributed by atoms with van der Waals surface area (Å²) in [6.45, 7) is 1.96. The summed E-state index contributed by atoms with van der Waals surface area (Å²) < 4.78 is 0. The number of nitrogens with zero attached hydrogens (tertiary/aromatic N) is 2. The lowest BCUT2D eigenvalue weighted by Gasteiger charge is -2.23. The second kappa shape index (κ2) is 5.66. The van der Waals surface area contributed by atoms with E-state index in [-0.39, 0.29) is 11.9 Å². The normalized spacial score (nSPS) is 11.6. The first-order valence-corrected chi connectivity index (χ1v) is 6.05. The molecule has 0 saturated heterocycles. The van der Waals surface area contributed by atoms with E-state index in [9.17, 15) is 4.79 Å². The van der Waals surface area contributed by atoms with E-state index in [1.807, 2.05) is 13.0 Å². The van der Waals surface area contributed by atoms with Gasteiger partial charge in [-0.25, -0.2) is 0 Å². The average molecular weight is 281 g/mol. The Labute approximate surface area is 104 Å². The molecule has 1 aromatic carbocycles. The fourth-order valence-electron chi connectivity index (χ4n) is 1.23. The number of rotatable bonds is 3.